The Balaban J connectivity index is 0.000000816. The van der Waals surface area contributed by atoms with Crippen molar-refractivity contribution in [3.8, 4) is 0 Å². The van der Waals surface area contributed by atoms with Crippen LogP contribution >= 0.6 is 0 Å². The van der Waals surface area contributed by atoms with Gasteiger partial charge in [-0.1, -0.05) is 0 Å². The first-order valence-electron chi connectivity index (χ1n) is 7.54. The average Bonchev–Trinajstić information content (AvgIpc) is 2.54. The fraction of sp³-hybridized carbons (Fsp3) is 0.533. The van der Waals surface area contributed by atoms with E-state index >= 15 is 0 Å². The Bertz CT molecular complexity index is 473. The summed E-state index contributed by atoms with van der Waals surface area (Å²) in [6, 6.07) is 3.43. The van der Waals surface area contributed by atoms with Gasteiger partial charge in [0.05, 0.1) is 11.7 Å². The number of amides is 1. The molecule has 1 saturated heterocycles. The molecule has 0 atom stereocenters. The number of nitrogens with zero attached hydrogens (tertiary/aromatic N) is 2. The zero-order chi connectivity index (χ0) is 17.1. The van der Waals surface area contributed by atoms with Crippen LogP contribution in [0.5, 0.6) is 0 Å². The predicted molar refractivity (Wildman–Crippen MR) is 86.2 cm³/mol. The fourth-order valence-electron chi connectivity index (χ4n) is 2.31. The maximum atomic E-state index is 10.9. The second-order valence-electron chi connectivity index (χ2n) is 5.25. The minimum absolute atomic E-state index is 0.114. The molecule has 2 heterocycles. The molecule has 0 radical (unpaired) electrons. The lowest BCUT2D eigenvalue weighted by Gasteiger charge is -2.29. The molecule has 23 heavy (non-hydrogen) atoms. The normalized spacial score (nSPS) is 15.3. The van der Waals surface area contributed by atoms with Crippen LogP contribution in [0, 0.1) is 0 Å². The number of nitrogens with two attached hydrogens (primary N) is 1. The zero-order valence-electron chi connectivity index (χ0n) is 13.0. The van der Waals surface area contributed by atoms with E-state index in [0.29, 0.717) is 5.56 Å². The van der Waals surface area contributed by atoms with Crippen molar-refractivity contribution in [1.29, 1.82) is 0 Å². The van der Waals surface area contributed by atoms with Crippen molar-refractivity contribution in [2.75, 3.05) is 31.5 Å². The minimum Gasteiger partial charge on any atom is -0.483 e. The summed E-state index contributed by atoms with van der Waals surface area (Å²) in [5, 5.41) is 19.5. The number of hydrogen-bond donors (Lipinski definition) is 4. The fourth-order valence-corrected chi connectivity index (χ4v) is 2.31. The SMILES string of the molecule is NC(=O)c1ccc(NCCCN2CCC(O)CC2)nc1.O=CO. The van der Waals surface area contributed by atoms with Crippen molar-refractivity contribution < 1.29 is 19.8 Å². The van der Waals surface area contributed by atoms with E-state index in [9.17, 15) is 9.90 Å². The van der Waals surface area contributed by atoms with Crippen LogP contribution in [0.1, 0.15) is 29.6 Å². The Hall–Kier alpha value is -2.19. The van der Waals surface area contributed by atoms with E-state index < -0.39 is 5.91 Å². The van der Waals surface area contributed by atoms with Gasteiger partial charge >= 0.3 is 0 Å². The van der Waals surface area contributed by atoms with Crippen LogP contribution in [0.3, 0.4) is 0 Å². The lowest BCUT2D eigenvalue weighted by atomic mass is 10.1. The van der Waals surface area contributed by atoms with E-state index in [0.717, 1.165) is 51.3 Å². The molecule has 0 bridgehead atoms. The van der Waals surface area contributed by atoms with Gasteiger partial charge in [0.25, 0.3) is 6.47 Å². The summed E-state index contributed by atoms with van der Waals surface area (Å²) < 4.78 is 0. The Morgan fingerprint density at radius 1 is 1.43 bits per heavy atom. The first-order chi connectivity index (χ1) is 11.1. The highest BCUT2D eigenvalue weighted by molar-refractivity contribution is 5.92. The number of primary amides is 1. The topological polar surface area (TPSA) is 129 Å². The predicted octanol–water partition coefficient (Wildman–Crippen LogP) is 0.140. The van der Waals surface area contributed by atoms with Crippen molar-refractivity contribution in [2.45, 2.75) is 25.4 Å². The average molecular weight is 324 g/mol. The number of piperidine rings is 1. The number of aromatic nitrogens is 1. The number of aliphatic hydroxyl groups excluding tert-OH is 1. The lowest BCUT2D eigenvalue weighted by molar-refractivity contribution is -0.122. The number of likely N-dealkylation sites (tertiary alicyclic amines) is 1. The number of carbonyl (C=O) groups is 2. The van der Waals surface area contributed by atoms with Crippen molar-refractivity contribution in [2.24, 2.45) is 5.73 Å². The molecule has 0 unspecified atom stereocenters. The molecule has 1 fully saturated rings. The van der Waals surface area contributed by atoms with Crippen molar-refractivity contribution in [3.63, 3.8) is 0 Å². The standard InChI is InChI=1S/C14H22N4O2.CH2O2/c15-14(20)11-2-3-13(17-10-11)16-6-1-7-18-8-4-12(19)5-9-18;2-1-3/h2-3,10,12,19H,1,4-9H2,(H2,15,20)(H,16,17);1H,(H,2,3). The van der Waals surface area contributed by atoms with Crippen LogP contribution < -0.4 is 11.1 Å². The Labute approximate surface area is 135 Å². The summed E-state index contributed by atoms with van der Waals surface area (Å²) in [6.45, 7) is 3.57. The first-order valence-corrected chi connectivity index (χ1v) is 7.54. The van der Waals surface area contributed by atoms with Crippen LogP contribution in [0.15, 0.2) is 18.3 Å². The summed E-state index contributed by atoms with van der Waals surface area (Å²) in [5.74, 6) is 0.292. The van der Waals surface area contributed by atoms with Crippen LogP contribution in [0.2, 0.25) is 0 Å². The van der Waals surface area contributed by atoms with Gasteiger partial charge in [0.1, 0.15) is 5.82 Å². The Kier molecular flexibility index (Phi) is 8.63. The second kappa shape index (κ2) is 10.5. The number of carboxylic acid groups (broad SMARTS) is 1. The summed E-state index contributed by atoms with van der Waals surface area (Å²) in [4.78, 5) is 25.8. The first kappa shape index (κ1) is 18.9. The molecule has 1 aromatic heterocycles. The molecule has 8 nitrogen and oxygen atoms in total. The highest BCUT2D eigenvalue weighted by Crippen LogP contribution is 2.10. The largest absolute Gasteiger partial charge is 0.483 e. The van der Waals surface area contributed by atoms with Crippen molar-refractivity contribution in [1.82, 2.24) is 9.88 Å². The van der Waals surface area contributed by atoms with Gasteiger partial charge < -0.3 is 26.2 Å². The van der Waals surface area contributed by atoms with Crippen LogP contribution in [-0.4, -0.2) is 64.8 Å². The third-order valence-corrected chi connectivity index (χ3v) is 3.56. The van der Waals surface area contributed by atoms with Gasteiger partial charge in [-0.05, 0) is 37.9 Å². The molecule has 0 spiro atoms. The third kappa shape index (κ3) is 7.57. The number of hydrogen-bond acceptors (Lipinski definition) is 6. The van der Waals surface area contributed by atoms with Gasteiger partial charge in [-0.2, -0.15) is 0 Å². The van der Waals surface area contributed by atoms with Gasteiger partial charge in [0, 0.05) is 25.8 Å². The Morgan fingerprint density at radius 2 is 2.09 bits per heavy atom. The molecule has 5 N–H and O–H groups in total. The quantitative estimate of drug-likeness (QED) is 0.433. The molecule has 1 aliphatic heterocycles. The lowest BCUT2D eigenvalue weighted by Crippen LogP contribution is -2.36. The summed E-state index contributed by atoms with van der Waals surface area (Å²) in [5.41, 5.74) is 5.57. The molecule has 0 aromatic carbocycles. The van der Waals surface area contributed by atoms with E-state index in [-0.39, 0.29) is 12.6 Å². The highest BCUT2D eigenvalue weighted by atomic mass is 16.3. The number of nitrogens with one attached hydrogen (secondary N) is 1. The summed E-state index contributed by atoms with van der Waals surface area (Å²) in [6.07, 6.45) is 4.15. The molecule has 1 aliphatic rings. The third-order valence-electron chi connectivity index (χ3n) is 3.56. The highest BCUT2D eigenvalue weighted by Gasteiger charge is 2.15. The van der Waals surface area contributed by atoms with Gasteiger partial charge in [-0.3, -0.25) is 9.59 Å². The molecule has 1 aromatic rings. The van der Waals surface area contributed by atoms with Gasteiger partial charge in [-0.15, -0.1) is 0 Å². The number of aliphatic hydroxyl groups is 1. The summed E-state index contributed by atoms with van der Waals surface area (Å²) in [7, 11) is 0. The number of anilines is 1. The van der Waals surface area contributed by atoms with Crippen LogP contribution in [-0.2, 0) is 4.79 Å². The maximum absolute atomic E-state index is 10.9. The number of pyridine rings is 1. The van der Waals surface area contributed by atoms with E-state index in [4.69, 9.17) is 15.6 Å². The van der Waals surface area contributed by atoms with Crippen molar-refractivity contribution in [3.05, 3.63) is 23.9 Å². The summed E-state index contributed by atoms with van der Waals surface area (Å²) >= 11 is 0. The van der Waals surface area contributed by atoms with Gasteiger partial charge in [0.15, 0.2) is 0 Å². The second-order valence-corrected chi connectivity index (χ2v) is 5.25. The van der Waals surface area contributed by atoms with E-state index in [1.54, 1.807) is 12.1 Å². The van der Waals surface area contributed by atoms with Gasteiger partial charge in [-0.25, -0.2) is 4.98 Å². The van der Waals surface area contributed by atoms with Crippen LogP contribution in [0.4, 0.5) is 5.82 Å². The molecule has 8 heteroatoms. The molecule has 0 saturated carbocycles. The molecule has 0 aliphatic carbocycles. The van der Waals surface area contributed by atoms with Crippen LogP contribution in [0.25, 0.3) is 0 Å². The molecule has 128 valence electrons. The maximum Gasteiger partial charge on any atom is 0.290 e. The van der Waals surface area contributed by atoms with E-state index in [2.05, 4.69) is 15.2 Å². The van der Waals surface area contributed by atoms with E-state index in [1.165, 1.54) is 6.20 Å². The smallest absolute Gasteiger partial charge is 0.290 e. The number of carbonyl (C=O) groups excluding carboxylic acids is 1. The molecular formula is C15H24N4O4. The number of rotatable bonds is 6. The minimum atomic E-state index is -0.462. The molecular weight excluding hydrogens is 300 g/mol. The molecule has 1 amide bonds. The Morgan fingerprint density at radius 3 is 2.61 bits per heavy atom. The zero-order valence-corrected chi connectivity index (χ0v) is 13.0. The van der Waals surface area contributed by atoms with E-state index in [1.807, 2.05) is 0 Å². The van der Waals surface area contributed by atoms with Gasteiger partial charge in [0.2, 0.25) is 5.91 Å². The van der Waals surface area contributed by atoms with Crippen molar-refractivity contribution >= 4 is 18.2 Å². The molecule has 2 rings (SSSR count). The monoisotopic (exact) mass is 324 g/mol.